The molecule has 8 heterocycles. The molecule has 2 saturated heterocycles. The van der Waals surface area contributed by atoms with Crippen LogP contribution in [0.4, 0.5) is 19.9 Å². The monoisotopic (exact) mass is 1780 g/mol. The van der Waals surface area contributed by atoms with E-state index in [1.165, 1.54) is 50.9 Å². The first-order valence-electron chi connectivity index (χ1n) is 43.3. The van der Waals surface area contributed by atoms with Gasteiger partial charge in [-0.2, -0.15) is 25.4 Å². The summed E-state index contributed by atoms with van der Waals surface area (Å²) in [5, 5.41) is 34.5. The lowest BCUT2D eigenvalue weighted by Gasteiger charge is -2.30. The topological polar surface area (TPSA) is 397 Å². The lowest BCUT2D eigenvalue weighted by molar-refractivity contribution is -0.144. The molecule has 14 rings (SSSR count). The lowest BCUT2D eigenvalue weighted by Crippen LogP contribution is -2.51. The predicted octanol–water partition coefficient (Wildman–Crippen LogP) is 13.9. The van der Waals surface area contributed by atoms with E-state index in [4.69, 9.17) is 48.4 Å². The molecule has 11 atom stereocenters. The molecule has 123 heavy (non-hydrogen) atoms. The number of allylic oxidation sites excluding steroid dienone is 4. The van der Waals surface area contributed by atoms with Gasteiger partial charge in [-0.05, 0) is 199 Å². The number of methoxy groups -OCH3 is 2. The zero-order valence-electron chi connectivity index (χ0n) is 72.6. The molecule has 670 valence electrons. The molecule has 8 N–H and O–H groups in total. The molecule has 0 radical (unpaired) electrons. The van der Waals surface area contributed by atoms with E-state index in [1.54, 1.807) is 14.2 Å². The predicted molar refractivity (Wildman–Crippen MR) is 475 cm³/mol. The van der Waals surface area contributed by atoms with Gasteiger partial charge in [0.25, 0.3) is 10.2 Å². The fourth-order valence-corrected chi connectivity index (χ4v) is 20.0. The number of thiazole rings is 2. The highest BCUT2D eigenvalue weighted by Gasteiger charge is 2.61. The normalized spacial score (nSPS) is 25.6. The fourth-order valence-electron chi connectivity index (χ4n) is 17.7. The van der Waals surface area contributed by atoms with Gasteiger partial charge >= 0.3 is 28.4 Å². The molecule has 0 spiro atoms. The van der Waals surface area contributed by atoms with E-state index in [1.807, 2.05) is 77.7 Å². The molecule has 6 aromatic rings. The second-order valence-electron chi connectivity index (χ2n) is 34.8. The van der Waals surface area contributed by atoms with E-state index in [0.717, 1.165) is 149 Å². The number of nitrogens with one attached hydrogen (secondary N) is 5. The molecule has 4 aliphatic heterocycles. The highest BCUT2D eigenvalue weighted by Crippen LogP contribution is 2.59. The Labute approximate surface area is 730 Å². The molecule has 31 nitrogen and oxygen atoms in total. The van der Waals surface area contributed by atoms with Gasteiger partial charge in [0.05, 0.1) is 67.5 Å². The van der Waals surface area contributed by atoms with Crippen LogP contribution in [0.1, 0.15) is 199 Å². The number of carbonyl (C=O) groups excluding carboxylic acids is 5. The SMILES string of the molecule is CN(C)S(N)(=O)=O.COc1ccc2c(O[C@@H]3C[C@H]4CC[C@]5(C(=O)NS(=O)(=O)N(C)C)CC5/C=C\CCCCC[C@H](NC(=O)OC5CCCC5)C(=O)N4C3)cc(-c3csc(NC(C)C)n3)nc2c1C.[CH2+]C(C)Nc1nc(-c2cc(O[C@@H]3C[C@H]4CC[C@]5(C(=O)O)CC5/C=C\CCCCC[C@H](NC(=O)OC5CCCC5)C(=O)N4C3)c3ccc(OC)c(C)c3n2)cs1. The van der Waals surface area contributed by atoms with Gasteiger partial charge in [0.15, 0.2) is 16.3 Å². The van der Waals surface area contributed by atoms with Crippen molar-refractivity contribution in [2.45, 2.75) is 262 Å². The summed E-state index contributed by atoms with van der Waals surface area (Å²) in [5.74, 6) is 0.753. The number of aliphatic carboxylic acids is 1. The van der Waals surface area contributed by atoms with Gasteiger partial charge in [-0.25, -0.2) is 39.4 Å². The number of ether oxygens (including phenoxy) is 6. The van der Waals surface area contributed by atoms with Crippen molar-refractivity contribution < 1.29 is 79.1 Å². The molecule has 4 aliphatic carbocycles. The number of aromatic nitrogens is 4. The maximum atomic E-state index is 14.8. The minimum atomic E-state index is -4.02. The smallest absolute Gasteiger partial charge is 0.408 e. The maximum Gasteiger partial charge on any atom is 0.408 e. The Morgan fingerprint density at radius 2 is 0.992 bits per heavy atom. The Morgan fingerprint density at radius 1 is 0.569 bits per heavy atom. The number of amides is 5. The van der Waals surface area contributed by atoms with Crippen molar-refractivity contribution in [3.8, 4) is 45.8 Å². The van der Waals surface area contributed by atoms with Crippen LogP contribution in [-0.2, 0) is 49.1 Å². The second kappa shape index (κ2) is 40.9. The standard InChI is InChI=1S/C44H61N7O8S2.C42H53N5O7S.C2H8N2O2S/c1-27(2)45-42-47-36(26-60-42)35-23-38(33-18-19-37(57-6)28(3)39(33)46-35)58-32-22-30-20-21-44(41(53)49-61(55,56)50(4)5)24-29(44)14-10-8-7-9-11-17-34(40(52)51(30)25-32)48-43(54)59-31-15-12-13-16-31;1-25(2)43-40-45-34(24-55-40)33-21-36(31-16-17-35(52-4)26(3)37(31)44-33)53-30-20-28-18-19-42(39(49)50)22-27(42)12-8-6-5-7-9-15-32(38(48)47(28)23-30)46-41(51)54-29-13-10-11-14-29;1-4(2)7(3,5)6/h10,14,18-19,23,26-27,29-32,34H,7-9,11-13,15-17,20-22,24-25H2,1-6H3,(H,45,47)(H,48,54)(H,49,53);8,12,16-17,21,24-25,27-30,32H,1,5-7,9-11,13-15,18-20,22-23H2,2-4H3,(H2-,43,45,46,49,50,51);1-2H3,(H2,3,5,6)/p+1/b14-10-;12-8-;/t29?,30-,32-,34+,44+;25?,27?,28-,30-,32+,42+;/m11./s1. The lowest BCUT2D eigenvalue weighted by atomic mass is 9.92. The Kier molecular flexibility index (Phi) is 30.9. The number of carboxylic acid groups (broad SMARTS) is 1. The molecule has 3 unspecified atom stereocenters. The molecule has 6 fully saturated rings. The van der Waals surface area contributed by atoms with Crippen LogP contribution in [-0.4, -0.2) is 212 Å². The molecule has 35 heteroatoms. The number of nitrogens with zero attached hydrogens (tertiary/aromatic N) is 8. The minimum Gasteiger partial charge on any atom is -0.496 e. The molecule has 2 aromatic carbocycles. The van der Waals surface area contributed by atoms with E-state index >= 15 is 0 Å². The van der Waals surface area contributed by atoms with E-state index in [-0.39, 0.29) is 66.6 Å². The van der Waals surface area contributed by atoms with Crippen molar-refractivity contribution in [3.05, 3.63) is 89.5 Å². The number of fused-ring (bicyclic) bond motifs is 6. The van der Waals surface area contributed by atoms with Crippen LogP contribution >= 0.6 is 22.7 Å². The number of hydrogen-bond acceptors (Lipinski definition) is 24. The van der Waals surface area contributed by atoms with Crippen LogP contribution in [0.15, 0.2) is 71.5 Å². The van der Waals surface area contributed by atoms with E-state index in [9.17, 15) is 50.7 Å². The van der Waals surface area contributed by atoms with Crippen LogP contribution in [0.25, 0.3) is 44.6 Å². The van der Waals surface area contributed by atoms with Gasteiger partial charge in [-0.3, -0.25) is 19.2 Å². The number of hydrogen-bond donors (Lipinski definition) is 7. The quantitative estimate of drug-likeness (QED) is 0.0260. The summed E-state index contributed by atoms with van der Waals surface area (Å²) in [4.78, 5) is 106. The van der Waals surface area contributed by atoms with Gasteiger partial charge in [0.1, 0.15) is 70.9 Å². The summed E-state index contributed by atoms with van der Waals surface area (Å²) >= 11 is 2.98. The third kappa shape index (κ3) is 23.3. The van der Waals surface area contributed by atoms with Crippen LogP contribution in [0.5, 0.6) is 23.0 Å². The molecule has 4 aromatic heterocycles. The summed E-state index contributed by atoms with van der Waals surface area (Å²) in [6.45, 7) is 14.5. The summed E-state index contributed by atoms with van der Waals surface area (Å²) < 4.78 is 86.7. The Balaban J connectivity index is 0.000000209. The van der Waals surface area contributed by atoms with Gasteiger partial charge in [-0.15, -0.1) is 22.7 Å². The van der Waals surface area contributed by atoms with E-state index in [2.05, 4.69) is 76.2 Å². The number of anilines is 2. The van der Waals surface area contributed by atoms with Gasteiger partial charge in [0, 0.05) is 104 Å². The number of aryl methyl sites for hydroxylation is 2. The van der Waals surface area contributed by atoms with Crippen LogP contribution in [0.3, 0.4) is 0 Å². The van der Waals surface area contributed by atoms with Crippen molar-refractivity contribution in [2.75, 3.05) is 66.1 Å². The summed E-state index contributed by atoms with van der Waals surface area (Å²) in [7, 11) is 1.34. The van der Waals surface area contributed by atoms with Crippen LogP contribution < -0.4 is 50.1 Å². The number of carboxylic acids is 1. The number of benzene rings is 2. The van der Waals surface area contributed by atoms with Gasteiger partial charge < -0.3 is 64.6 Å². The third-order valence-corrected chi connectivity index (χ3v) is 28.9. The molecule has 5 amide bonds. The largest absolute Gasteiger partial charge is 0.496 e. The first kappa shape index (κ1) is 93.0. The first-order chi connectivity index (χ1) is 58.6. The molecular formula is C88H123N14O17S4+. The van der Waals surface area contributed by atoms with Gasteiger partial charge in [0.2, 0.25) is 17.7 Å². The van der Waals surface area contributed by atoms with Crippen molar-refractivity contribution in [2.24, 2.45) is 27.8 Å². The van der Waals surface area contributed by atoms with Crippen LogP contribution in [0, 0.1) is 43.4 Å². The zero-order valence-corrected chi connectivity index (χ0v) is 75.9. The maximum absolute atomic E-state index is 14.8. The number of rotatable bonds is 21. The summed E-state index contributed by atoms with van der Waals surface area (Å²) in [6, 6.07) is 9.45. The first-order valence-corrected chi connectivity index (χ1v) is 48.0. The zero-order chi connectivity index (χ0) is 88.2. The highest BCUT2D eigenvalue weighted by atomic mass is 32.2. The average Bonchev–Trinajstić information content (AvgIpc) is 1.56. The third-order valence-electron chi connectivity index (χ3n) is 25.0. The van der Waals surface area contributed by atoms with Crippen molar-refractivity contribution in [1.82, 2.24) is 53.7 Å². The van der Waals surface area contributed by atoms with Crippen LogP contribution in [0.2, 0.25) is 0 Å². The van der Waals surface area contributed by atoms with Crippen molar-refractivity contribution in [1.29, 1.82) is 0 Å². The van der Waals surface area contributed by atoms with Crippen molar-refractivity contribution in [3.63, 3.8) is 0 Å². The number of alkyl carbamates (subject to hydrolysis) is 2. The summed E-state index contributed by atoms with van der Waals surface area (Å²) in [6.07, 6.45) is 25.0. The Hall–Kier alpha value is -9.13. The fraction of sp³-hybridized carbons (Fsp3) is 0.602. The highest BCUT2D eigenvalue weighted by molar-refractivity contribution is 7.87. The van der Waals surface area contributed by atoms with Crippen molar-refractivity contribution >= 4 is 111 Å². The molecule has 4 saturated carbocycles. The van der Waals surface area contributed by atoms with Gasteiger partial charge in [-0.1, -0.05) is 50.0 Å². The second-order valence-corrected chi connectivity index (χ2v) is 40.1. The molecule has 0 bridgehead atoms. The average molecular weight is 1780 g/mol. The molecule has 8 aliphatic rings. The number of nitrogens with two attached hydrogens (primary N) is 1. The molecular weight excluding hydrogens is 1650 g/mol. The number of pyridine rings is 2. The summed E-state index contributed by atoms with van der Waals surface area (Å²) in [5.41, 5.74) is 4.05. The van der Waals surface area contributed by atoms with E-state index in [0.29, 0.717) is 122 Å². The van der Waals surface area contributed by atoms with E-state index < -0.39 is 79.6 Å². The number of carbonyl (C=O) groups is 6. The Bertz CT molecular complexity index is 5050. The Morgan fingerprint density at radius 3 is 1.41 bits per heavy atom. The minimum absolute atomic E-state index is 0.00688.